The van der Waals surface area contributed by atoms with Crippen molar-refractivity contribution < 1.29 is 19.1 Å². The molecule has 0 bridgehead atoms. The van der Waals surface area contributed by atoms with Crippen molar-refractivity contribution in [1.82, 2.24) is 9.80 Å². The molecule has 1 aromatic rings. The fourth-order valence-electron chi connectivity index (χ4n) is 1.73. The van der Waals surface area contributed by atoms with Gasteiger partial charge in [0.05, 0.1) is 12.5 Å². The molecular formula is C13H20N2O4. The van der Waals surface area contributed by atoms with Crippen LogP contribution < -0.4 is 0 Å². The molecular weight excluding hydrogens is 248 g/mol. The van der Waals surface area contributed by atoms with Gasteiger partial charge in [-0.3, -0.25) is 4.79 Å². The molecule has 0 saturated heterocycles. The van der Waals surface area contributed by atoms with Crippen molar-refractivity contribution in [1.29, 1.82) is 0 Å². The minimum absolute atomic E-state index is 0.176. The molecule has 1 aromatic heterocycles. The van der Waals surface area contributed by atoms with Crippen LogP contribution in [-0.4, -0.2) is 47.5 Å². The molecule has 1 unspecified atom stereocenters. The molecule has 1 atom stereocenters. The number of urea groups is 1. The zero-order valence-electron chi connectivity index (χ0n) is 11.7. The molecule has 0 radical (unpaired) electrons. The predicted molar refractivity (Wildman–Crippen MR) is 69.7 cm³/mol. The Morgan fingerprint density at radius 3 is 2.42 bits per heavy atom. The second kappa shape index (κ2) is 6.26. The van der Waals surface area contributed by atoms with Gasteiger partial charge in [0.15, 0.2) is 0 Å². The summed E-state index contributed by atoms with van der Waals surface area (Å²) >= 11 is 0. The summed E-state index contributed by atoms with van der Waals surface area (Å²) in [6.07, 6.45) is 0. The van der Waals surface area contributed by atoms with E-state index in [-0.39, 0.29) is 12.6 Å². The number of carboxylic acids is 1. The molecule has 1 N–H and O–H groups in total. The number of carboxylic acid groups (broad SMARTS) is 1. The fraction of sp³-hybridized carbons (Fsp3) is 0.538. The average molecular weight is 268 g/mol. The van der Waals surface area contributed by atoms with Gasteiger partial charge < -0.3 is 19.3 Å². The molecule has 0 aliphatic rings. The number of carbonyl (C=O) groups excluding carboxylic acids is 1. The quantitative estimate of drug-likeness (QED) is 0.883. The highest BCUT2D eigenvalue weighted by Gasteiger charge is 2.20. The van der Waals surface area contributed by atoms with Crippen LogP contribution in [0.5, 0.6) is 0 Å². The Morgan fingerprint density at radius 1 is 1.32 bits per heavy atom. The summed E-state index contributed by atoms with van der Waals surface area (Å²) in [6, 6.07) is 3.42. The molecule has 0 spiro atoms. The van der Waals surface area contributed by atoms with Gasteiger partial charge in [-0.25, -0.2) is 4.79 Å². The summed E-state index contributed by atoms with van der Waals surface area (Å²) in [4.78, 5) is 25.7. The van der Waals surface area contributed by atoms with Gasteiger partial charge in [-0.15, -0.1) is 0 Å². The van der Waals surface area contributed by atoms with Gasteiger partial charge in [-0.05, 0) is 19.1 Å². The Hall–Kier alpha value is -1.98. The van der Waals surface area contributed by atoms with Gasteiger partial charge in [-0.2, -0.15) is 0 Å². The van der Waals surface area contributed by atoms with E-state index in [1.807, 2.05) is 19.1 Å². The average Bonchev–Trinajstić information content (AvgIpc) is 2.73. The van der Waals surface area contributed by atoms with Crippen LogP contribution in [0.3, 0.4) is 0 Å². The van der Waals surface area contributed by atoms with E-state index in [1.165, 1.54) is 9.80 Å². The van der Waals surface area contributed by atoms with E-state index < -0.39 is 11.9 Å². The van der Waals surface area contributed by atoms with Crippen LogP contribution in [0.25, 0.3) is 0 Å². The van der Waals surface area contributed by atoms with Crippen LogP contribution in [0.1, 0.15) is 18.4 Å². The Kier molecular flexibility index (Phi) is 4.97. The number of hydrogen-bond donors (Lipinski definition) is 1. The second-order valence-electron chi connectivity index (χ2n) is 4.77. The molecule has 0 aliphatic heterocycles. The van der Waals surface area contributed by atoms with Crippen molar-refractivity contribution in [2.45, 2.75) is 20.4 Å². The normalized spacial score (nSPS) is 12.0. The smallest absolute Gasteiger partial charge is 0.319 e. The summed E-state index contributed by atoms with van der Waals surface area (Å²) in [5.41, 5.74) is 0. The number of aliphatic carboxylic acids is 1. The first-order valence-electron chi connectivity index (χ1n) is 6.05. The lowest BCUT2D eigenvalue weighted by Crippen LogP contribution is -2.41. The van der Waals surface area contributed by atoms with Gasteiger partial charge in [0, 0.05) is 20.6 Å². The van der Waals surface area contributed by atoms with Crippen LogP contribution in [-0.2, 0) is 11.3 Å². The molecule has 19 heavy (non-hydrogen) atoms. The maximum absolute atomic E-state index is 12.0. The van der Waals surface area contributed by atoms with Crippen molar-refractivity contribution in [2.24, 2.45) is 5.92 Å². The SMILES string of the molecule is Cc1ccc(CN(C)C(=O)N(C)CC(C)C(=O)O)o1. The third-order valence-corrected chi connectivity index (χ3v) is 2.81. The molecule has 1 rings (SSSR count). The van der Waals surface area contributed by atoms with Crippen LogP contribution in [0.4, 0.5) is 4.79 Å². The topological polar surface area (TPSA) is 74.0 Å². The summed E-state index contributed by atoms with van der Waals surface area (Å²) in [7, 11) is 3.24. The van der Waals surface area contributed by atoms with Crippen molar-refractivity contribution in [3.8, 4) is 0 Å². The van der Waals surface area contributed by atoms with E-state index >= 15 is 0 Å². The molecule has 0 saturated carbocycles. The standard InChI is InChI=1S/C13H20N2O4/c1-9(12(16)17)7-14(3)13(18)15(4)8-11-6-5-10(2)19-11/h5-6,9H,7-8H2,1-4H3,(H,16,17). The molecule has 0 aromatic carbocycles. The summed E-state index contributed by atoms with van der Waals surface area (Å²) in [5, 5.41) is 8.82. The van der Waals surface area contributed by atoms with Crippen molar-refractivity contribution in [3.63, 3.8) is 0 Å². The lowest BCUT2D eigenvalue weighted by Gasteiger charge is -2.25. The van der Waals surface area contributed by atoms with E-state index in [2.05, 4.69) is 0 Å². The van der Waals surface area contributed by atoms with E-state index in [1.54, 1.807) is 21.0 Å². The molecule has 2 amide bonds. The fourth-order valence-corrected chi connectivity index (χ4v) is 1.73. The minimum Gasteiger partial charge on any atom is -0.481 e. The first-order valence-corrected chi connectivity index (χ1v) is 6.05. The highest BCUT2D eigenvalue weighted by molar-refractivity contribution is 5.75. The molecule has 6 heteroatoms. The monoisotopic (exact) mass is 268 g/mol. The van der Waals surface area contributed by atoms with Gasteiger partial charge in [0.1, 0.15) is 11.5 Å². The van der Waals surface area contributed by atoms with E-state index in [0.717, 1.165) is 5.76 Å². The van der Waals surface area contributed by atoms with Gasteiger partial charge in [-0.1, -0.05) is 6.92 Å². The first kappa shape index (κ1) is 15.1. The van der Waals surface area contributed by atoms with Crippen LogP contribution in [0.15, 0.2) is 16.5 Å². The molecule has 106 valence electrons. The highest BCUT2D eigenvalue weighted by atomic mass is 16.4. The van der Waals surface area contributed by atoms with Crippen molar-refractivity contribution >= 4 is 12.0 Å². The Bertz CT molecular complexity index is 455. The molecule has 0 fully saturated rings. The molecule has 6 nitrogen and oxygen atoms in total. The number of hydrogen-bond acceptors (Lipinski definition) is 3. The Morgan fingerprint density at radius 2 is 1.95 bits per heavy atom. The van der Waals surface area contributed by atoms with E-state index in [9.17, 15) is 9.59 Å². The summed E-state index contributed by atoms with van der Waals surface area (Å²) in [5.74, 6) is -0.00564. The van der Waals surface area contributed by atoms with Gasteiger partial charge in [0.2, 0.25) is 0 Å². The third-order valence-electron chi connectivity index (χ3n) is 2.81. The number of rotatable bonds is 5. The first-order chi connectivity index (χ1) is 8.81. The lowest BCUT2D eigenvalue weighted by molar-refractivity contribution is -0.141. The third kappa shape index (κ3) is 4.31. The van der Waals surface area contributed by atoms with E-state index in [4.69, 9.17) is 9.52 Å². The number of carbonyl (C=O) groups is 2. The Balaban J connectivity index is 2.54. The number of furan rings is 1. The largest absolute Gasteiger partial charge is 0.481 e. The maximum atomic E-state index is 12.0. The number of nitrogens with zero attached hydrogens (tertiary/aromatic N) is 2. The van der Waals surface area contributed by atoms with Crippen molar-refractivity contribution in [2.75, 3.05) is 20.6 Å². The van der Waals surface area contributed by atoms with E-state index in [0.29, 0.717) is 12.3 Å². The number of amides is 2. The predicted octanol–water partition coefficient (Wildman–Crippen LogP) is 1.79. The van der Waals surface area contributed by atoms with Crippen molar-refractivity contribution in [3.05, 3.63) is 23.7 Å². The summed E-state index contributed by atoms with van der Waals surface area (Å²) in [6.45, 7) is 3.95. The van der Waals surface area contributed by atoms with Crippen LogP contribution in [0, 0.1) is 12.8 Å². The zero-order chi connectivity index (χ0) is 14.6. The minimum atomic E-state index is -0.913. The van der Waals surface area contributed by atoms with Gasteiger partial charge >= 0.3 is 12.0 Å². The second-order valence-corrected chi connectivity index (χ2v) is 4.77. The van der Waals surface area contributed by atoms with Crippen LogP contribution in [0.2, 0.25) is 0 Å². The number of aryl methyl sites for hydroxylation is 1. The maximum Gasteiger partial charge on any atom is 0.319 e. The molecule has 1 heterocycles. The van der Waals surface area contributed by atoms with Gasteiger partial charge in [0.25, 0.3) is 0 Å². The Labute approximate surface area is 112 Å². The summed E-state index contributed by atoms with van der Waals surface area (Å²) < 4.78 is 5.40. The lowest BCUT2D eigenvalue weighted by atomic mass is 10.2. The highest BCUT2D eigenvalue weighted by Crippen LogP contribution is 2.10. The molecule has 0 aliphatic carbocycles. The van der Waals surface area contributed by atoms with Crippen LogP contribution >= 0.6 is 0 Å². The zero-order valence-corrected chi connectivity index (χ0v) is 11.7.